The zero-order valence-electron chi connectivity index (χ0n) is 4.11. The molecule has 0 fully saturated rings. The van der Waals surface area contributed by atoms with Crippen molar-refractivity contribution in [2.24, 2.45) is 0 Å². The summed E-state index contributed by atoms with van der Waals surface area (Å²) in [7, 11) is 0. The van der Waals surface area contributed by atoms with Gasteiger partial charge in [-0.15, -0.1) is 0 Å². The van der Waals surface area contributed by atoms with E-state index in [2.05, 4.69) is 11.6 Å². The van der Waals surface area contributed by atoms with E-state index < -0.39 is 0 Å². The molecule has 0 atom stereocenters. The van der Waals surface area contributed by atoms with Gasteiger partial charge in [-0.25, -0.2) is 5.48 Å². The Labute approximate surface area is 43.1 Å². The molecule has 1 radical (unpaired) electrons. The monoisotopic (exact) mass is 98.1 g/mol. The number of hydrogen-bond acceptors (Lipinski definition) is 2. The molecular formula is C5H8NO. The van der Waals surface area contributed by atoms with E-state index in [0.29, 0.717) is 6.61 Å². The van der Waals surface area contributed by atoms with Gasteiger partial charge in [-0.3, -0.25) is 4.84 Å². The minimum absolute atomic E-state index is 0.653. The average molecular weight is 98.1 g/mol. The van der Waals surface area contributed by atoms with Crippen molar-refractivity contribution in [3.63, 3.8) is 0 Å². The van der Waals surface area contributed by atoms with Crippen LogP contribution in [-0.2, 0) is 4.84 Å². The molecule has 39 valence electrons. The predicted molar refractivity (Wildman–Crippen MR) is 26.4 cm³/mol. The Kier molecular flexibility index (Phi) is 1.90. The molecule has 1 heterocycles. The lowest BCUT2D eigenvalue weighted by Crippen LogP contribution is -2.12. The molecule has 0 aromatic rings. The topological polar surface area (TPSA) is 21.3 Å². The van der Waals surface area contributed by atoms with Crippen LogP contribution in [0.1, 0.15) is 6.42 Å². The van der Waals surface area contributed by atoms with Gasteiger partial charge in [-0.2, -0.15) is 0 Å². The highest BCUT2D eigenvalue weighted by Gasteiger charge is 1.86. The van der Waals surface area contributed by atoms with Gasteiger partial charge < -0.3 is 0 Å². The van der Waals surface area contributed by atoms with Crippen LogP contribution in [-0.4, -0.2) is 13.2 Å². The van der Waals surface area contributed by atoms with Gasteiger partial charge in [0.15, 0.2) is 0 Å². The first kappa shape index (κ1) is 4.81. The Balaban J connectivity index is 2.20. The van der Waals surface area contributed by atoms with Gasteiger partial charge in [0.25, 0.3) is 0 Å². The van der Waals surface area contributed by atoms with Crippen LogP contribution in [0.15, 0.2) is 6.08 Å². The lowest BCUT2D eigenvalue weighted by Gasteiger charge is -1.94. The molecule has 1 rings (SSSR count). The Morgan fingerprint density at radius 2 is 2.71 bits per heavy atom. The van der Waals surface area contributed by atoms with Gasteiger partial charge in [-0.1, -0.05) is 6.08 Å². The smallest absolute Gasteiger partial charge is 0.0869 e. The molecule has 0 aliphatic carbocycles. The van der Waals surface area contributed by atoms with Crippen LogP contribution >= 0.6 is 0 Å². The van der Waals surface area contributed by atoms with E-state index in [-0.39, 0.29) is 0 Å². The number of hydroxylamine groups is 1. The molecule has 2 heteroatoms. The summed E-state index contributed by atoms with van der Waals surface area (Å²) in [5, 5.41) is 0. The fourth-order valence-electron chi connectivity index (χ4n) is 0.457. The normalized spacial score (nSPS) is 21.7. The Bertz CT molecular complexity index is 62.5. The van der Waals surface area contributed by atoms with E-state index in [1.165, 1.54) is 0 Å². The van der Waals surface area contributed by atoms with Crippen molar-refractivity contribution in [3.8, 4) is 0 Å². The molecule has 2 nitrogen and oxygen atoms in total. The highest BCUT2D eigenvalue weighted by molar-refractivity contribution is 4.74. The maximum absolute atomic E-state index is 4.83. The molecule has 0 bridgehead atoms. The average Bonchev–Trinajstić information content (AvgIpc) is 1.90. The van der Waals surface area contributed by atoms with Crippen LogP contribution in [0.25, 0.3) is 0 Å². The SMILES string of the molecule is [C]1=CCONCC1. The minimum Gasteiger partial charge on any atom is -0.298 e. The second-order valence-electron chi connectivity index (χ2n) is 1.36. The lowest BCUT2D eigenvalue weighted by molar-refractivity contribution is 0.0678. The molecule has 0 saturated carbocycles. The van der Waals surface area contributed by atoms with Crippen molar-refractivity contribution in [3.05, 3.63) is 12.2 Å². The summed E-state index contributed by atoms with van der Waals surface area (Å²) in [6, 6.07) is 0. The molecule has 0 amide bonds. The highest BCUT2D eigenvalue weighted by Crippen LogP contribution is 1.84. The molecule has 0 aromatic carbocycles. The van der Waals surface area contributed by atoms with Gasteiger partial charge in [0.1, 0.15) is 0 Å². The van der Waals surface area contributed by atoms with Crippen molar-refractivity contribution in [1.29, 1.82) is 0 Å². The molecular weight excluding hydrogens is 90.1 g/mol. The summed E-state index contributed by atoms with van der Waals surface area (Å²) in [5.74, 6) is 0. The molecule has 0 spiro atoms. The third-order valence-electron chi connectivity index (χ3n) is 0.784. The number of nitrogens with one attached hydrogen (secondary N) is 1. The molecule has 0 unspecified atom stereocenters. The second-order valence-corrected chi connectivity index (χ2v) is 1.36. The van der Waals surface area contributed by atoms with Crippen LogP contribution in [0.5, 0.6) is 0 Å². The van der Waals surface area contributed by atoms with Crippen LogP contribution in [0, 0.1) is 6.08 Å². The standard InChI is InChI=1S/C5H8NO/c1-2-4-6-7-5-3-1/h3,6H,2,4-5H2. The first-order valence-corrected chi connectivity index (χ1v) is 2.40. The van der Waals surface area contributed by atoms with E-state index in [0.717, 1.165) is 13.0 Å². The Morgan fingerprint density at radius 1 is 1.71 bits per heavy atom. The summed E-state index contributed by atoms with van der Waals surface area (Å²) < 4.78 is 0. The van der Waals surface area contributed by atoms with Crippen molar-refractivity contribution in [2.45, 2.75) is 6.42 Å². The molecule has 1 aliphatic rings. The Morgan fingerprint density at radius 3 is 3.71 bits per heavy atom. The fourth-order valence-corrected chi connectivity index (χ4v) is 0.457. The first-order chi connectivity index (χ1) is 3.50. The maximum Gasteiger partial charge on any atom is 0.0869 e. The molecule has 7 heavy (non-hydrogen) atoms. The van der Waals surface area contributed by atoms with Crippen molar-refractivity contribution in [1.82, 2.24) is 5.48 Å². The highest BCUT2D eigenvalue weighted by atomic mass is 16.6. The van der Waals surface area contributed by atoms with Gasteiger partial charge in [-0.05, 0) is 12.5 Å². The van der Waals surface area contributed by atoms with E-state index in [9.17, 15) is 0 Å². The fraction of sp³-hybridized carbons (Fsp3) is 0.600. The summed E-state index contributed by atoms with van der Waals surface area (Å²) in [6.07, 6.45) is 5.88. The van der Waals surface area contributed by atoms with Gasteiger partial charge in [0, 0.05) is 6.54 Å². The summed E-state index contributed by atoms with van der Waals surface area (Å²) in [4.78, 5) is 4.83. The van der Waals surface area contributed by atoms with Crippen molar-refractivity contribution in [2.75, 3.05) is 13.2 Å². The molecule has 1 N–H and O–H groups in total. The third kappa shape index (κ3) is 1.71. The van der Waals surface area contributed by atoms with E-state index >= 15 is 0 Å². The van der Waals surface area contributed by atoms with E-state index in [1.807, 2.05) is 6.08 Å². The largest absolute Gasteiger partial charge is 0.298 e. The predicted octanol–water partition coefficient (Wildman–Crippen LogP) is 0.271. The van der Waals surface area contributed by atoms with E-state index in [4.69, 9.17) is 4.84 Å². The lowest BCUT2D eigenvalue weighted by atomic mass is 10.4. The summed E-state index contributed by atoms with van der Waals surface area (Å²) in [5.41, 5.74) is 2.75. The molecule has 0 aromatic heterocycles. The summed E-state index contributed by atoms with van der Waals surface area (Å²) >= 11 is 0. The van der Waals surface area contributed by atoms with Crippen molar-refractivity contribution >= 4 is 0 Å². The quantitative estimate of drug-likeness (QED) is 0.469. The van der Waals surface area contributed by atoms with Crippen molar-refractivity contribution < 1.29 is 4.84 Å². The van der Waals surface area contributed by atoms with Gasteiger partial charge >= 0.3 is 0 Å². The Hall–Kier alpha value is -0.340. The van der Waals surface area contributed by atoms with Crippen LogP contribution in [0.3, 0.4) is 0 Å². The zero-order chi connectivity index (χ0) is 4.95. The number of hydrogen-bond donors (Lipinski definition) is 1. The zero-order valence-corrected chi connectivity index (χ0v) is 4.11. The second kappa shape index (κ2) is 2.77. The first-order valence-electron chi connectivity index (χ1n) is 2.40. The van der Waals surface area contributed by atoms with Gasteiger partial charge in [0.05, 0.1) is 6.61 Å². The summed E-state index contributed by atoms with van der Waals surface area (Å²) in [6.45, 7) is 1.54. The van der Waals surface area contributed by atoms with Gasteiger partial charge in [0.2, 0.25) is 0 Å². The van der Waals surface area contributed by atoms with Crippen LogP contribution in [0.4, 0.5) is 0 Å². The molecule has 0 saturated heterocycles. The van der Waals surface area contributed by atoms with Crippen LogP contribution < -0.4 is 5.48 Å². The number of rotatable bonds is 0. The van der Waals surface area contributed by atoms with Crippen LogP contribution in [0.2, 0.25) is 0 Å². The molecule has 1 aliphatic heterocycles. The third-order valence-corrected chi connectivity index (χ3v) is 0.784. The maximum atomic E-state index is 4.83. The van der Waals surface area contributed by atoms with E-state index in [1.54, 1.807) is 0 Å². The minimum atomic E-state index is 0.653.